The van der Waals surface area contributed by atoms with Gasteiger partial charge in [-0.15, -0.1) is 0 Å². The van der Waals surface area contributed by atoms with Crippen LogP contribution >= 0.6 is 11.6 Å². The quantitative estimate of drug-likeness (QED) is 0.826. The summed E-state index contributed by atoms with van der Waals surface area (Å²) in [5, 5.41) is 0.758. The van der Waals surface area contributed by atoms with E-state index in [1.165, 1.54) is 32.2 Å². The first kappa shape index (κ1) is 16.1. The summed E-state index contributed by atoms with van der Waals surface area (Å²) < 4.78 is 5.40. The number of nitrogens with zero attached hydrogens (tertiary/aromatic N) is 2. The van der Waals surface area contributed by atoms with E-state index in [-0.39, 0.29) is 0 Å². The molecule has 1 radical (unpaired) electrons. The molecule has 2 heterocycles. The molecule has 0 amide bonds. The van der Waals surface area contributed by atoms with E-state index in [1.807, 2.05) is 12.1 Å². The number of piperidine rings is 1. The van der Waals surface area contributed by atoms with E-state index >= 15 is 0 Å². The number of hydrogen-bond donors (Lipinski definition) is 0. The zero-order valence-corrected chi connectivity index (χ0v) is 14.0. The van der Waals surface area contributed by atoms with Gasteiger partial charge in [-0.25, -0.2) is 0 Å². The van der Waals surface area contributed by atoms with Gasteiger partial charge in [0.1, 0.15) is 0 Å². The Bertz CT molecular complexity index is 454. The van der Waals surface area contributed by atoms with Crippen molar-refractivity contribution < 1.29 is 4.74 Å². The van der Waals surface area contributed by atoms with E-state index in [0.717, 1.165) is 56.0 Å². The molecule has 22 heavy (non-hydrogen) atoms. The molecule has 0 unspecified atom stereocenters. The van der Waals surface area contributed by atoms with Crippen LogP contribution in [0.4, 0.5) is 5.69 Å². The van der Waals surface area contributed by atoms with Gasteiger partial charge in [0.2, 0.25) is 0 Å². The Morgan fingerprint density at radius 2 is 1.95 bits per heavy atom. The van der Waals surface area contributed by atoms with Crippen LogP contribution < -0.4 is 4.90 Å². The molecule has 3 nitrogen and oxygen atoms in total. The van der Waals surface area contributed by atoms with E-state index in [2.05, 4.69) is 21.9 Å². The van der Waals surface area contributed by atoms with Crippen LogP contribution in [-0.2, 0) is 4.74 Å². The molecule has 0 bridgehead atoms. The highest BCUT2D eigenvalue weighted by Crippen LogP contribution is 2.30. The highest BCUT2D eigenvalue weighted by atomic mass is 35.5. The number of hydrogen-bond acceptors (Lipinski definition) is 3. The summed E-state index contributed by atoms with van der Waals surface area (Å²) in [6.07, 6.45) is 5.26. The van der Waals surface area contributed by atoms with Crippen molar-refractivity contribution in [1.82, 2.24) is 4.90 Å². The Kier molecular flexibility index (Phi) is 5.99. The first-order chi connectivity index (χ1) is 10.8. The van der Waals surface area contributed by atoms with Gasteiger partial charge in [0.05, 0.1) is 23.9 Å². The van der Waals surface area contributed by atoms with Crippen LogP contribution in [0.3, 0.4) is 0 Å². The normalized spacial score (nSPS) is 21.2. The lowest BCUT2D eigenvalue weighted by Gasteiger charge is -2.34. The molecule has 0 spiro atoms. The van der Waals surface area contributed by atoms with Crippen molar-refractivity contribution in [3.63, 3.8) is 0 Å². The highest BCUT2D eigenvalue weighted by molar-refractivity contribution is 6.33. The number of ether oxygens (including phenoxy) is 1. The molecule has 1 aromatic carbocycles. The van der Waals surface area contributed by atoms with Gasteiger partial charge in [0, 0.05) is 32.2 Å². The average molecular weight is 322 g/mol. The predicted octanol–water partition coefficient (Wildman–Crippen LogP) is 3.47. The lowest BCUT2D eigenvalue weighted by atomic mass is 9.92. The van der Waals surface area contributed by atoms with Crippen molar-refractivity contribution >= 4 is 17.3 Å². The molecule has 0 N–H and O–H groups in total. The lowest BCUT2D eigenvalue weighted by Crippen LogP contribution is -2.37. The average Bonchev–Trinajstić information content (AvgIpc) is 2.57. The smallest absolute Gasteiger partial charge is 0.0718 e. The van der Waals surface area contributed by atoms with Crippen molar-refractivity contribution in [2.45, 2.75) is 25.7 Å². The fraction of sp³-hybridized carbons (Fsp3) is 0.667. The van der Waals surface area contributed by atoms with Crippen LogP contribution in [0, 0.1) is 12.0 Å². The van der Waals surface area contributed by atoms with Crippen LogP contribution in [-0.4, -0.2) is 50.8 Å². The van der Waals surface area contributed by atoms with Crippen LogP contribution in [0.5, 0.6) is 0 Å². The third-order valence-corrected chi connectivity index (χ3v) is 5.23. The number of benzene rings is 1. The zero-order chi connectivity index (χ0) is 15.2. The van der Waals surface area contributed by atoms with E-state index in [9.17, 15) is 0 Å². The lowest BCUT2D eigenvalue weighted by molar-refractivity contribution is 0.0365. The monoisotopic (exact) mass is 321 g/mol. The second kappa shape index (κ2) is 8.19. The second-order valence-corrected chi connectivity index (χ2v) is 6.77. The minimum Gasteiger partial charge on any atom is -0.379 e. The van der Waals surface area contributed by atoms with Gasteiger partial charge in [0.25, 0.3) is 0 Å². The van der Waals surface area contributed by atoms with E-state index in [1.54, 1.807) is 0 Å². The Morgan fingerprint density at radius 3 is 2.68 bits per heavy atom. The molecule has 2 aliphatic rings. The predicted molar refractivity (Wildman–Crippen MR) is 91.7 cm³/mol. The van der Waals surface area contributed by atoms with Crippen molar-refractivity contribution in [3.05, 3.63) is 29.3 Å². The van der Waals surface area contributed by atoms with Gasteiger partial charge in [-0.2, -0.15) is 0 Å². The van der Waals surface area contributed by atoms with Crippen molar-refractivity contribution in [3.8, 4) is 0 Å². The van der Waals surface area contributed by atoms with Gasteiger partial charge in [-0.05, 0) is 44.2 Å². The zero-order valence-electron chi connectivity index (χ0n) is 13.3. The van der Waals surface area contributed by atoms with Crippen LogP contribution in [0.25, 0.3) is 0 Å². The summed E-state index contributed by atoms with van der Waals surface area (Å²) in [4.78, 5) is 4.95. The van der Waals surface area contributed by atoms with Gasteiger partial charge >= 0.3 is 0 Å². The molecule has 1 aromatic rings. The van der Waals surface area contributed by atoms with E-state index in [4.69, 9.17) is 16.3 Å². The molecule has 0 atom stereocenters. The molecular weight excluding hydrogens is 296 g/mol. The van der Waals surface area contributed by atoms with Gasteiger partial charge in [-0.1, -0.05) is 23.7 Å². The molecule has 121 valence electrons. The minimum atomic E-state index is 0.758. The first-order valence-electron chi connectivity index (χ1n) is 8.54. The third kappa shape index (κ3) is 4.37. The Hall–Kier alpha value is -0.770. The van der Waals surface area contributed by atoms with Crippen LogP contribution in [0.15, 0.2) is 18.2 Å². The van der Waals surface area contributed by atoms with Crippen LogP contribution in [0.2, 0.25) is 5.02 Å². The fourth-order valence-electron chi connectivity index (χ4n) is 3.54. The second-order valence-electron chi connectivity index (χ2n) is 6.40. The van der Waals surface area contributed by atoms with Crippen molar-refractivity contribution in [2.24, 2.45) is 5.92 Å². The number of morpholine rings is 1. The summed E-state index contributed by atoms with van der Waals surface area (Å²) >= 11 is 6.25. The SMILES string of the molecule is Clc1[c]cccc1N1CCC(CCCN2CCOCC2)CC1. The highest BCUT2D eigenvalue weighted by Gasteiger charge is 2.21. The Labute approximate surface area is 139 Å². The molecule has 2 saturated heterocycles. The molecule has 2 fully saturated rings. The first-order valence-corrected chi connectivity index (χ1v) is 8.92. The number of anilines is 1. The molecule has 4 heteroatoms. The summed E-state index contributed by atoms with van der Waals surface area (Å²) in [6, 6.07) is 9.10. The Balaban J connectivity index is 1.37. The molecular formula is C18H26ClN2O. The molecule has 2 aliphatic heterocycles. The summed E-state index contributed by atoms with van der Waals surface area (Å²) in [5.41, 5.74) is 1.15. The largest absolute Gasteiger partial charge is 0.379 e. The summed E-state index contributed by atoms with van der Waals surface area (Å²) in [5.74, 6) is 0.878. The van der Waals surface area contributed by atoms with Gasteiger partial charge in [-0.3, -0.25) is 4.90 Å². The minimum absolute atomic E-state index is 0.758. The summed E-state index contributed by atoms with van der Waals surface area (Å²) in [7, 11) is 0. The summed E-state index contributed by atoms with van der Waals surface area (Å²) in [6.45, 7) is 7.53. The fourth-order valence-corrected chi connectivity index (χ4v) is 3.79. The molecule has 3 rings (SSSR count). The van der Waals surface area contributed by atoms with Gasteiger partial charge < -0.3 is 9.64 Å². The standard InChI is InChI=1S/C18H26ClN2O/c19-17-5-1-2-6-18(17)21-10-7-16(8-11-21)4-3-9-20-12-14-22-15-13-20/h1-2,6,16H,3-4,7-15H2. The van der Waals surface area contributed by atoms with E-state index < -0.39 is 0 Å². The topological polar surface area (TPSA) is 15.7 Å². The maximum absolute atomic E-state index is 6.25. The maximum Gasteiger partial charge on any atom is 0.0718 e. The number of rotatable bonds is 5. The van der Waals surface area contributed by atoms with E-state index in [0.29, 0.717) is 0 Å². The molecule has 0 aliphatic carbocycles. The van der Waals surface area contributed by atoms with Crippen LogP contribution in [0.1, 0.15) is 25.7 Å². The number of halogens is 1. The third-order valence-electron chi connectivity index (χ3n) is 4.93. The van der Waals surface area contributed by atoms with Gasteiger partial charge in [0.15, 0.2) is 0 Å². The van der Waals surface area contributed by atoms with Crippen molar-refractivity contribution in [2.75, 3.05) is 50.8 Å². The maximum atomic E-state index is 6.25. The van der Waals surface area contributed by atoms with Crippen molar-refractivity contribution in [1.29, 1.82) is 0 Å². The Morgan fingerprint density at radius 1 is 1.18 bits per heavy atom. The molecule has 0 saturated carbocycles. The molecule has 0 aromatic heterocycles.